The molecule has 1 fully saturated rings. The molecule has 0 unspecified atom stereocenters. The minimum atomic E-state index is 0.377. The van der Waals surface area contributed by atoms with Crippen molar-refractivity contribution in [3.05, 3.63) is 18.3 Å². The number of methoxy groups -OCH3 is 1. The molecule has 4 heteroatoms. The van der Waals surface area contributed by atoms with Crippen molar-refractivity contribution < 1.29 is 9.53 Å². The summed E-state index contributed by atoms with van der Waals surface area (Å²) in [6.45, 7) is 0. The van der Waals surface area contributed by atoms with E-state index in [1.54, 1.807) is 13.3 Å². The van der Waals surface area contributed by atoms with Crippen LogP contribution in [0.25, 0.3) is 0 Å². The van der Waals surface area contributed by atoms with Crippen molar-refractivity contribution >= 4 is 11.6 Å². The van der Waals surface area contributed by atoms with Crippen molar-refractivity contribution in [3.8, 4) is 5.75 Å². The van der Waals surface area contributed by atoms with Crippen LogP contribution in [-0.2, 0) is 4.79 Å². The minimum absolute atomic E-state index is 0.377. The molecule has 4 nitrogen and oxygen atoms in total. The molecule has 0 saturated heterocycles. The number of carbonyl (C=O) groups is 1. The second-order valence-corrected chi connectivity index (χ2v) is 4.41. The molecular formula is C13H18N2O2. The lowest BCUT2D eigenvalue weighted by molar-refractivity contribution is -0.120. The van der Waals surface area contributed by atoms with E-state index in [2.05, 4.69) is 9.88 Å². The quantitative estimate of drug-likeness (QED) is 0.802. The zero-order valence-corrected chi connectivity index (χ0v) is 10.3. The second-order valence-electron chi connectivity index (χ2n) is 4.41. The summed E-state index contributed by atoms with van der Waals surface area (Å²) < 4.78 is 5.31. The Labute approximate surface area is 102 Å². The maximum atomic E-state index is 11.2. The number of carbonyl (C=O) groups excluding carboxylic acids is 1. The van der Waals surface area contributed by atoms with Crippen LogP contribution in [0, 0.1) is 0 Å². The van der Waals surface area contributed by atoms with Gasteiger partial charge in [0, 0.05) is 32.1 Å². The third-order valence-electron chi connectivity index (χ3n) is 3.37. The monoisotopic (exact) mass is 234 g/mol. The number of rotatable bonds is 3. The molecule has 1 saturated carbocycles. The molecule has 0 bridgehead atoms. The summed E-state index contributed by atoms with van der Waals surface area (Å²) in [5.41, 5.74) is 0. The van der Waals surface area contributed by atoms with Crippen molar-refractivity contribution in [1.82, 2.24) is 4.98 Å². The molecule has 0 spiro atoms. The molecule has 1 aliphatic rings. The fraction of sp³-hybridized carbons (Fsp3) is 0.538. The number of anilines is 1. The van der Waals surface area contributed by atoms with E-state index in [4.69, 9.17) is 4.74 Å². The van der Waals surface area contributed by atoms with Gasteiger partial charge in [-0.25, -0.2) is 4.98 Å². The molecule has 0 aromatic carbocycles. The van der Waals surface area contributed by atoms with E-state index < -0.39 is 0 Å². The van der Waals surface area contributed by atoms with Crippen LogP contribution in [0.2, 0.25) is 0 Å². The zero-order chi connectivity index (χ0) is 12.3. The van der Waals surface area contributed by atoms with Crippen molar-refractivity contribution in [2.45, 2.75) is 31.7 Å². The van der Waals surface area contributed by atoms with Crippen LogP contribution in [-0.4, -0.2) is 31.0 Å². The lowest BCUT2D eigenvalue weighted by Gasteiger charge is -2.32. The summed E-state index contributed by atoms with van der Waals surface area (Å²) in [6.07, 6.45) is 4.96. The van der Waals surface area contributed by atoms with Gasteiger partial charge in [0.25, 0.3) is 0 Å². The van der Waals surface area contributed by atoms with Gasteiger partial charge < -0.3 is 9.64 Å². The SMILES string of the molecule is COc1cccnc1N(C)C1CCC(=O)CC1. The molecule has 92 valence electrons. The van der Waals surface area contributed by atoms with Crippen LogP contribution in [0.5, 0.6) is 5.75 Å². The molecule has 0 atom stereocenters. The lowest BCUT2D eigenvalue weighted by Crippen LogP contribution is -2.36. The van der Waals surface area contributed by atoms with E-state index in [9.17, 15) is 4.79 Å². The Morgan fingerprint density at radius 3 is 2.76 bits per heavy atom. The van der Waals surface area contributed by atoms with E-state index in [1.807, 2.05) is 19.2 Å². The lowest BCUT2D eigenvalue weighted by atomic mass is 9.93. The fourth-order valence-corrected chi connectivity index (χ4v) is 2.29. The largest absolute Gasteiger partial charge is 0.493 e. The Hall–Kier alpha value is -1.58. The summed E-state index contributed by atoms with van der Waals surface area (Å²) in [7, 11) is 3.67. The Kier molecular flexibility index (Phi) is 3.61. The van der Waals surface area contributed by atoms with Gasteiger partial charge in [-0.15, -0.1) is 0 Å². The molecule has 1 heterocycles. The molecule has 1 aliphatic carbocycles. The molecule has 1 aromatic rings. The summed E-state index contributed by atoms with van der Waals surface area (Å²) in [6, 6.07) is 4.16. The van der Waals surface area contributed by atoms with Gasteiger partial charge in [0.15, 0.2) is 11.6 Å². The van der Waals surface area contributed by atoms with Crippen LogP contribution >= 0.6 is 0 Å². The number of hydrogen-bond acceptors (Lipinski definition) is 4. The Morgan fingerprint density at radius 1 is 1.41 bits per heavy atom. The van der Waals surface area contributed by atoms with Gasteiger partial charge in [-0.2, -0.15) is 0 Å². The van der Waals surface area contributed by atoms with Crippen LogP contribution in [0.1, 0.15) is 25.7 Å². The normalized spacial score (nSPS) is 16.9. The van der Waals surface area contributed by atoms with Gasteiger partial charge >= 0.3 is 0 Å². The highest BCUT2D eigenvalue weighted by atomic mass is 16.5. The molecule has 0 aliphatic heterocycles. The van der Waals surface area contributed by atoms with Crippen LogP contribution in [0.4, 0.5) is 5.82 Å². The maximum absolute atomic E-state index is 11.2. The first-order chi connectivity index (χ1) is 8.22. The van der Waals surface area contributed by atoms with Crippen LogP contribution in [0.3, 0.4) is 0 Å². The van der Waals surface area contributed by atoms with Crippen LogP contribution in [0.15, 0.2) is 18.3 Å². The van der Waals surface area contributed by atoms with Gasteiger partial charge in [-0.1, -0.05) is 0 Å². The second kappa shape index (κ2) is 5.17. The summed E-state index contributed by atoms with van der Waals surface area (Å²) in [5, 5.41) is 0. The van der Waals surface area contributed by atoms with E-state index >= 15 is 0 Å². The first-order valence-corrected chi connectivity index (χ1v) is 5.96. The van der Waals surface area contributed by atoms with Crippen LogP contribution < -0.4 is 9.64 Å². The van der Waals surface area contributed by atoms with Crippen molar-refractivity contribution in [1.29, 1.82) is 0 Å². The molecule has 0 radical (unpaired) electrons. The number of pyridine rings is 1. The van der Waals surface area contributed by atoms with Gasteiger partial charge in [-0.3, -0.25) is 4.79 Å². The third kappa shape index (κ3) is 2.57. The summed E-state index contributed by atoms with van der Waals surface area (Å²) in [5.74, 6) is 2.02. The topological polar surface area (TPSA) is 42.4 Å². The highest BCUT2D eigenvalue weighted by molar-refractivity contribution is 5.79. The van der Waals surface area contributed by atoms with Gasteiger partial charge in [0.1, 0.15) is 5.78 Å². The highest BCUT2D eigenvalue weighted by Gasteiger charge is 2.24. The Morgan fingerprint density at radius 2 is 2.12 bits per heavy atom. The predicted molar refractivity (Wildman–Crippen MR) is 66.5 cm³/mol. The summed E-state index contributed by atoms with van der Waals surface area (Å²) >= 11 is 0. The standard InChI is InChI=1S/C13H18N2O2/c1-15(10-5-7-11(16)8-6-10)13-12(17-2)4-3-9-14-13/h3-4,9-10H,5-8H2,1-2H3. The molecule has 0 amide bonds. The van der Waals surface area contributed by atoms with Gasteiger partial charge in [-0.05, 0) is 25.0 Å². The maximum Gasteiger partial charge on any atom is 0.171 e. The number of ether oxygens (including phenoxy) is 1. The van der Waals surface area contributed by atoms with E-state index in [0.717, 1.165) is 24.4 Å². The van der Waals surface area contributed by atoms with Gasteiger partial charge in [0.05, 0.1) is 7.11 Å². The van der Waals surface area contributed by atoms with E-state index in [-0.39, 0.29) is 0 Å². The van der Waals surface area contributed by atoms with E-state index in [0.29, 0.717) is 24.7 Å². The van der Waals surface area contributed by atoms with E-state index in [1.165, 1.54) is 0 Å². The average Bonchev–Trinajstić information content (AvgIpc) is 2.39. The Bertz CT molecular complexity index is 396. The molecule has 2 rings (SSSR count). The molecule has 1 aromatic heterocycles. The van der Waals surface area contributed by atoms with Crippen molar-refractivity contribution in [2.75, 3.05) is 19.1 Å². The molecule has 0 N–H and O–H groups in total. The first-order valence-electron chi connectivity index (χ1n) is 5.96. The summed E-state index contributed by atoms with van der Waals surface area (Å²) in [4.78, 5) is 17.7. The smallest absolute Gasteiger partial charge is 0.171 e. The number of nitrogens with zero attached hydrogens (tertiary/aromatic N) is 2. The minimum Gasteiger partial charge on any atom is -0.493 e. The predicted octanol–water partition coefficient (Wildman–Crippen LogP) is 2.04. The molecule has 17 heavy (non-hydrogen) atoms. The molecular weight excluding hydrogens is 216 g/mol. The highest BCUT2D eigenvalue weighted by Crippen LogP contribution is 2.29. The number of aromatic nitrogens is 1. The number of ketones is 1. The third-order valence-corrected chi connectivity index (χ3v) is 3.37. The number of hydrogen-bond donors (Lipinski definition) is 0. The average molecular weight is 234 g/mol. The van der Waals surface area contributed by atoms with Gasteiger partial charge in [0.2, 0.25) is 0 Å². The first kappa shape index (κ1) is 11.9. The van der Waals surface area contributed by atoms with Crippen molar-refractivity contribution in [2.24, 2.45) is 0 Å². The van der Waals surface area contributed by atoms with Crippen molar-refractivity contribution in [3.63, 3.8) is 0 Å². The Balaban J connectivity index is 2.13. The number of Topliss-reactive ketones (excluding diaryl/α,β-unsaturated/α-hetero) is 1. The zero-order valence-electron chi connectivity index (χ0n) is 10.3. The fourth-order valence-electron chi connectivity index (χ4n) is 2.29.